The molecule has 1 atom stereocenters. The molecule has 1 unspecified atom stereocenters. The molecule has 1 aliphatic heterocycles. The van der Waals surface area contributed by atoms with Crippen LogP contribution in [0.2, 0.25) is 0 Å². The molecule has 0 bridgehead atoms. The highest BCUT2D eigenvalue weighted by atomic mass is 16.5. The van der Waals surface area contributed by atoms with E-state index in [2.05, 4.69) is 26.7 Å². The van der Waals surface area contributed by atoms with Crippen molar-refractivity contribution in [1.29, 1.82) is 0 Å². The topological polar surface area (TPSA) is 12.5 Å². The van der Waals surface area contributed by atoms with Crippen LogP contribution in [0.5, 0.6) is 0 Å². The maximum absolute atomic E-state index is 5.62. The van der Waals surface area contributed by atoms with Gasteiger partial charge in [0.15, 0.2) is 0 Å². The summed E-state index contributed by atoms with van der Waals surface area (Å²) in [6.45, 7) is 5.27. The summed E-state index contributed by atoms with van der Waals surface area (Å²) < 4.78 is 5.62. The summed E-state index contributed by atoms with van der Waals surface area (Å²) in [6, 6.07) is 0. The van der Waals surface area contributed by atoms with Crippen LogP contribution in [0.15, 0.2) is 0 Å². The fourth-order valence-electron chi connectivity index (χ4n) is 1.12. The minimum absolute atomic E-state index is 0.102. The number of rotatable bonds is 0. The lowest BCUT2D eigenvalue weighted by Gasteiger charge is -2.22. The highest BCUT2D eigenvalue weighted by molar-refractivity contribution is 6.14. The van der Waals surface area contributed by atoms with Gasteiger partial charge in [0.2, 0.25) is 0 Å². The van der Waals surface area contributed by atoms with Crippen molar-refractivity contribution >= 4 is 7.85 Å². The highest BCUT2D eigenvalue weighted by Gasteiger charge is 2.21. The number of likely N-dealkylation sites (N-methyl/N-ethyl adjacent to an activating group) is 1. The molecule has 1 rings (SSSR count). The molecule has 0 aromatic rings. The molecule has 0 aromatic heterocycles. The predicted molar refractivity (Wildman–Crippen MR) is 45.0 cm³/mol. The first kappa shape index (κ1) is 8.09. The van der Waals surface area contributed by atoms with E-state index in [1.165, 1.54) is 0 Å². The largest absolute Gasteiger partial charge is 0.383 e. The van der Waals surface area contributed by atoms with Crippen LogP contribution in [-0.4, -0.2) is 45.0 Å². The lowest BCUT2D eigenvalue weighted by atomic mass is 9.80. The van der Waals surface area contributed by atoms with Gasteiger partial charge in [-0.1, -0.05) is 0 Å². The second-order valence-corrected chi connectivity index (χ2v) is 3.66. The zero-order chi connectivity index (χ0) is 7.61. The molecule has 58 valence electrons. The summed E-state index contributed by atoms with van der Waals surface area (Å²) in [7, 11) is 4.30. The van der Waals surface area contributed by atoms with Gasteiger partial charge < -0.3 is 9.64 Å². The van der Waals surface area contributed by atoms with Crippen LogP contribution >= 0.6 is 0 Å². The molecule has 1 heterocycles. The highest BCUT2D eigenvalue weighted by Crippen LogP contribution is 2.13. The Hall–Kier alpha value is -0.0151. The third-order valence-corrected chi connectivity index (χ3v) is 2.06. The first-order chi connectivity index (χ1) is 4.60. The van der Waals surface area contributed by atoms with Crippen LogP contribution in [-0.2, 0) is 4.74 Å². The van der Waals surface area contributed by atoms with Crippen LogP contribution in [0.25, 0.3) is 0 Å². The molecular formula is C7H16BNO. The Balaban J connectivity index is 2.41. The molecule has 0 N–H and O–H groups in total. The fraction of sp³-hybridized carbons (Fsp3) is 1.00. The molecule has 10 heavy (non-hydrogen) atoms. The summed E-state index contributed by atoms with van der Waals surface area (Å²) in [6.07, 6.45) is 1.14. The molecule has 0 aliphatic carbocycles. The van der Waals surface area contributed by atoms with Crippen molar-refractivity contribution in [2.75, 3.05) is 26.7 Å². The number of hydrogen-bond donors (Lipinski definition) is 0. The van der Waals surface area contributed by atoms with E-state index in [4.69, 9.17) is 4.74 Å². The van der Waals surface area contributed by atoms with Gasteiger partial charge in [0.25, 0.3) is 0 Å². The van der Waals surface area contributed by atoms with Gasteiger partial charge in [-0.15, -0.1) is 0 Å². The van der Waals surface area contributed by atoms with E-state index in [1.807, 2.05) is 0 Å². The summed E-state index contributed by atoms with van der Waals surface area (Å²) >= 11 is 0. The van der Waals surface area contributed by atoms with Gasteiger partial charge in [-0.25, -0.2) is 0 Å². The van der Waals surface area contributed by atoms with Crippen LogP contribution in [0.1, 0.15) is 13.3 Å². The zero-order valence-corrected chi connectivity index (χ0v) is 7.18. The molecule has 0 spiro atoms. The maximum atomic E-state index is 5.62. The van der Waals surface area contributed by atoms with E-state index in [0.717, 1.165) is 26.1 Å². The minimum atomic E-state index is 0.102. The molecule has 1 aliphatic rings. The van der Waals surface area contributed by atoms with Crippen molar-refractivity contribution in [2.45, 2.75) is 18.8 Å². The van der Waals surface area contributed by atoms with Crippen molar-refractivity contribution in [3.8, 4) is 0 Å². The molecule has 1 fully saturated rings. The minimum Gasteiger partial charge on any atom is -0.383 e. The van der Waals surface area contributed by atoms with Gasteiger partial charge >= 0.3 is 0 Å². The number of nitrogens with zero attached hydrogens (tertiary/aromatic N) is 1. The van der Waals surface area contributed by atoms with Crippen LogP contribution in [0, 0.1) is 0 Å². The van der Waals surface area contributed by atoms with Crippen molar-refractivity contribution in [3.63, 3.8) is 0 Å². The Morgan fingerprint density at radius 1 is 1.50 bits per heavy atom. The standard InChI is InChI=1S/C7H16BNO/c1-7(8)3-4-9(2)5-6-10-7/h3-6,8H2,1-2H3. The van der Waals surface area contributed by atoms with Crippen molar-refractivity contribution in [1.82, 2.24) is 4.90 Å². The van der Waals surface area contributed by atoms with E-state index in [-0.39, 0.29) is 5.50 Å². The van der Waals surface area contributed by atoms with E-state index >= 15 is 0 Å². The molecule has 0 radical (unpaired) electrons. The quantitative estimate of drug-likeness (QED) is 0.429. The molecule has 1 saturated heterocycles. The van der Waals surface area contributed by atoms with Gasteiger partial charge in [0, 0.05) is 12.0 Å². The number of hydrogen-bond acceptors (Lipinski definition) is 2. The van der Waals surface area contributed by atoms with Gasteiger partial charge in [-0.2, -0.15) is 0 Å². The smallest absolute Gasteiger partial charge is 0.142 e. The molecular weight excluding hydrogens is 125 g/mol. The van der Waals surface area contributed by atoms with Gasteiger partial charge in [-0.3, -0.25) is 0 Å². The maximum Gasteiger partial charge on any atom is 0.142 e. The predicted octanol–water partition coefficient (Wildman–Crippen LogP) is -0.312. The van der Waals surface area contributed by atoms with Gasteiger partial charge in [-0.05, 0) is 26.9 Å². The lowest BCUT2D eigenvalue weighted by Crippen LogP contribution is -2.29. The van der Waals surface area contributed by atoms with E-state index in [9.17, 15) is 0 Å². The number of ether oxygens (including phenoxy) is 1. The monoisotopic (exact) mass is 141 g/mol. The molecule has 3 heteroatoms. The Bertz CT molecular complexity index is 116. The first-order valence-electron chi connectivity index (χ1n) is 3.93. The Morgan fingerprint density at radius 3 is 2.90 bits per heavy atom. The van der Waals surface area contributed by atoms with Crippen molar-refractivity contribution < 1.29 is 4.74 Å². The summed E-state index contributed by atoms with van der Waals surface area (Å²) in [5, 5.41) is 0. The summed E-state index contributed by atoms with van der Waals surface area (Å²) in [4.78, 5) is 2.31. The van der Waals surface area contributed by atoms with Crippen molar-refractivity contribution in [2.24, 2.45) is 0 Å². The molecule has 2 nitrogen and oxygen atoms in total. The Labute approximate surface area is 63.9 Å². The fourth-order valence-corrected chi connectivity index (χ4v) is 1.12. The lowest BCUT2D eigenvalue weighted by molar-refractivity contribution is 0.0418. The SMILES string of the molecule is BC1(C)CCN(C)CCO1. The first-order valence-corrected chi connectivity index (χ1v) is 3.93. The van der Waals surface area contributed by atoms with Gasteiger partial charge in [0.1, 0.15) is 7.85 Å². The summed E-state index contributed by atoms with van der Waals surface area (Å²) in [5.41, 5.74) is 0.102. The van der Waals surface area contributed by atoms with E-state index in [1.54, 1.807) is 0 Å². The third kappa shape index (κ3) is 2.31. The second kappa shape index (κ2) is 2.93. The molecule has 0 aromatic carbocycles. The van der Waals surface area contributed by atoms with E-state index in [0.29, 0.717) is 0 Å². The van der Waals surface area contributed by atoms with Crippen LogP contribution in [0.3, 0.4) is 0 Å². The molecule has 0 saturated carbocycles. The third-order valence-electron chi connectivity index (χ3n) is 2.06. The van der Waals surface area contributed by atoms with Crippen molar-refractivity contribution in [3.05, 3.63) is 0 Å². The second-order valence-electron chi connectivity index (χ2n) is 3.66. The average Bonchev–Trinajstić information content (AvgIpc) is 1.94. The Morgan fingerprint density at radius 2 is 2.20 bits per heavy atom. The van der Waals surface area contributed by atoms with Gasteiger partial charge in [0.05, 0.1) is 6.61 Å². The summed E-state index contributed by atoms with van der Waals surface area (Å²) in [5.74, 6) is 0. The van der Waals surface area contributed by atoms with E-state index < -0.39 is 0 Å². The van der Waals surface area contributed by atoms with Crippen LogP contribution in [0.4, 0.5) is 0 Å². The average molecular weight is 141 g/mol. The van der Waals surface area contributed by atoms with Crippen LogP contribution < -0.4 is 0 Å². The molecule has 0 amide bonds. The Kier molecular flexibility index (Phi) is 2.37. The zero-order valence-electron chi connectivity index (χ0n) is 7.18. The normalized spacial score (nSPS) is 37.4.